The van der Waals surface area contributed by atoms with Gasteiger partial charge in [-0.15, -0.1) is 0 Å². The Balaban J connectivity index is 2.26. The van der Waals surface area contributed by atoms with Crippen molar-refractivity contribution in [1.82, 2.24) is 0 Å². The normalized spacial score (nSPS) is 15.5. The van der Waals surface area contributed by atoms with E-state index in [9.17, 15) is 4.39 Å². The van der Waals surface area contributed by atoms with Gasteiger partial charge in [0.15, 0.2) is 0 Å². The molecule has 0 fully saturated rings. The van der Waals surface area contributed by atoms with Gasteiger partial charge in [-0.2, -0.15) is 0 Å². The average molecular weight is 245 g/mol. The van der Waals surface area contributed by atoms with Crippen molar-refractivity contribution in [3.63, 3.8) is 0 Å². The zero-order chi connectivity index (χ0) is 9.26. The molecule has 1 aromatic carbocycles. The second-order valence-corrected chi connectivity index (χ2v) is 3.40. The molecule has 0 saturated carbocycles. The molecule has 68 valence electrons. The first-order chi connectivity index (χ1) is 6.27. The highest BCUT2D eigenvalue weighted by Crippen LogP contribution is 2.26. The Morgan fingerprint density at radius 3 is 2.54 bits per heavy atom. The van der Waals surface area contributed by atoms with Crippen LogP contribution in [0.5, 0.6) is 0 Å². The van der Waals surface area contributed by atoms with Crippen molar-refractivity contribution in [2.24, 2.45) is 0 Å². The van der Waals surface area contributed by atoms with E-state index in [0.717, 1.165) is 0 Å². The van der Waals surface area contributed by atoms with Crippen LogP contribution in [0.25, 0.3) is 0 Å². The lowest BCUT2D eigenvalue weighted by atomic mass is 10.2. The summed E-state index contributed by atoms with van der Waals surface area (Å²) in [6.45, 7) is 0. The van der Waals surface area contributed by atoms with E-state index in [-0.39, 0.29) is 5.82 Å². The van der Waals surface area contributed by atoms with Crippen molar-refractivity contribution in [3.8, 4) is 0 Å². The fourth-order valence-electron chi connectivity index (χ4n) is 1.06. The summed E-state index contributed by atoms with van der Waals surface area (Å²) in [7, 11) is 0. The van der Waals surface area contributed by atoms with Crippen LogP contribution in [0.1, 0.15) is 11.9 Å². The van der Waals surface area contributed by atoms with Crippen molar-refractivity contribution in [3.05, 3.63) is 46.6 Å². The summed E-state index contributed by atoms with van der Waals surface area (Å²) >= 11 is 3.07. The van der Waals surface area contributed by atoms with Crippen molar-refractivity contribution in [2.45, 2.75) is 6.29 Å². The second kappa shape index (κ2) is 3.38. The van der Waals surface area contributed by atoms with Gasteiger partial charge in [-0.1, -0.05) is 6.07 Å². The van der Waals surface area contributed by atoms with Crippen LogP contribution in [0.3, 0.4) is 0 Å². The summed E-state index contributed by atoms with van der Waals surface area (Å²) in [4.78, 5) is 0. The first kappa shape index (κ1) is 8.56. The van der Waals surface area contributed by atoms with Gasteiger partial charge in [-0.05, 0) is 28.1 Å². The topological polar surface area (TPSA) is 18.5 Å². The summed E-state index contributed by atoms with van der Waals surface area (Å²) in [6.07, 6.45) is 2.36. The maximum atomic E-state index is 13.1. The highest BCUT2D eigenvalue weighted by molar-refractivity contribution is 9.10. The molecule has 2 nitrogen and oxygen atoms in total. The van der Waals surface area contributed by atoms with E-state index in [1.807, 2.05) is 0 Å². The fourth-order valence-corrected chi connectivity index (χ4v) is 1.30. The molecule has 4 heteroatoms. The molecule has 0 aliphatic carbocycles. The zero-order valence-electron chi connectivity index (χ0n) is 6.54. The lowest BCUT2D eigenvalue weighted by molar-refractivity contribution is -0.0248. The molecule has 0 bridgehead atoms. The van der Waals surface area contributed by atoms with E-state index >= 15 is 0 Å². The standard InChI is InChI=1S/C9H6BrFO2/c10-7-2-1-6(5-8(7)11)9-12-3-4-13-9/h1-5,9H. The largest absolute Gasteiger partial charge is 0.455 e. The van der Waals surface area contributed by atoms with E-state index in [4.69, 9.17) is 9.47 Å². The van der Waals surface area contributed by atoms with Crippen molar-refractivity contribution >= 4 is 15.9 Å². The number of hydrogen-bond donors (Lipinski definition) is 0. The summed E-state index contributed by atoms with van der Waals surface area (Å²) in [5.41, 5.74) is 0.658. The summed E-state index contributed by atoms with van der Waals surface area (Å²) in [5, 5.41) is 0. The summed E-state index contributed by atoms with van der Waals surface area (Å²) < 4.78 is 23.6. The molecule has 0 saturated heterocycles. The van der Waals surface area contributed by atoms with Gasteiger partial charge in [0, 0.05) is 5.56 Å². The molecule has 2 rings (SSSR count). The van der Waals surface area contributed by atoms with Crippen molar-refractivity contribution in [2.75, 3.05) is 0 Å². The number of halogens is 2. The first-order valence-corrected chi connectivity index (χ1v) is 4.47. The molecule has 0 N–H and O–H groups in total. The van der Waals surface area contributed by atoms with E-state index < -0.39 is 6.29 Å². The van der Waals surface area contributed by atoms with Crippen LogP contribution in [0.4, 0.5) is 4.39 Å². The van der Waals surface area contributed by atoms with Gasteiger partial charge in [0.2, 0.25) is 0 Å². The maximum Gasteiger partial charge on any atom is 0.266 e. The van der Waals surface area contributed by atoms with Gasteiger partial charge in [0.05, 0.1) is 4.47 Å². The highest BCUT2D eigenvalue weighted by atomic mass is 79.9. The third-order valence-corrected chi connectivity index (χ3v) is 2.32. The van der Waals surface area contributed by atoms with Crippen LogP contribution in [0.15, 0.2) is 35.2 Å². The first-order valence-electron chi connectivity index (χ1n) is 3.68. The van der Waals surface area contributed by atoms with E-state index in [1.165, 1.54) is 18.6 Å². The Bertz CT molecular complexity index is 343. The lowest BCUT2D eigenvalue weighted by Crippen LogP contribution is -1.98. The van der Waals surface area contributed by atoms with Crippen LogP contribution >= 0.6 is 15.9 Å². The van der Waals surface area contributed by atoms with Crippen molar-refractivity contribution in [1.29, 1.82) is 0 Å². The van der Waals surface area contributed by atoms with Gasteiger partial charge in [-0.25, -0.2) is 4.39 Å². The predicted octanol–water partition coefficient (Wildman–Crippen LogP) is 3.10. The molecular weight excluding hydrogens is 239 g/mol. The highest BCUT2D eigenvalue weighted by Gasteiger charge is 2.16. The smallest absolute Gasteiger partial charge is 0.266 e. The molecule has 0 unspecified atom stereocenters. The van der Waals surface area contributed by atoms with E-state index in [2.05, 4.69) is 15.9 Å². The lowest BCUT2D eigenvalue weighted by Gasteiger charge is -2.10. The molecule has 1 heterocycles. The molecule has 0 aromatic heterocycles. The molecule has 1 aromatic rings. The molecule has 1 aliphatic heterocycles. The maximum absolute atomic E-state index is 13.1. The average Bonchev–Trinajstić information content (AvgIpc) is 2.62. The van der Waals surface area contributed by atoms with Crippen molar-refractivity contribution < 1.29 is 13.9 Å². The van der Waals surface area contributed by atoms with E-state index in [0.29, 0.717) is 10.0 Å². The Hall–Kier alpha value is -1.03. The third kappa shape index (κ3) is 1.67. The predicted molar refractivity (Wildman–Crippen MR) is 48.2 cm³/mol. The SMILES string of the molecule is Fc1cc(C2OC=CO2)ccc1Br. The second-order valence-electron chi connectivity index (χ2n) is 2.55. The minimum Gasteiger partial charge on any atom is -0.455 e. The Morgan fingerprint density at radius 2 is 1.92 bits per heavy atom. The number of hydrogen-bond acceptors (Lipinski definition) is 2. The molecule has 13 heavy (non-hydrogen) atoms. The minimum absolute atomic E-state index is 0.323. The monoisotopic (exact) mass is 244 g/mol. The molecule has 0 spiro atoms. The van der Waals surface area contributed by atoms with Crippen LogP contribution < -0.4 is 0 Å². The van der Waals surface area contributed by atoms with E-state index in [1.54, 1.807) is 12.1 Å². The minimum atomic E-state index is -0.511. The Morgan fingerprint density at radius 1 is 1.23 bits per heavy atom. The molecular formula is C9H6BrFO2. The van der Waals surface area contributed by atoms with Crippen LogP contribution in [-0.2, 0) is 9.47 Å². The fraction of sp³-hybridized carbons (Fsp3) is 0.111. The van der Waals surface area contributed by atoms with Crippen LogP contribution in [0, 0.1) is 5.82 Å². The van der Waals surface area contributed by atoms with Crippen LogP contribution in [0.2, 0.25) is 0 Å². The van der Waals surface area contributed by atoms with Gasteiger partial charge < -0.3 is 9.47 Å². The molecule has 0 atom stereocenters. The number of rotatable bonds is 1. The van der Waals surface area contributed by atoms with Gasteiger partial charge in [0.25, 0.3) is 6.29 Å². The number of benzene rings is 1. The quantitative estimate of drug-likeness (QED) is 0.756. The van der Waals surface area contributed by atoms with Gasteiger partial charge >= 0.3 is 0 Å². The molecule has 0 radical (unpaired) electrons. The van der Waals surface area contributed by atoms with Gasteiger partial charge in [0.1, 0.15) is 18.3 Å². The van der Waals surface area contributed by atoms with Crippen LogP contribution in [-0.4, -0.2) is 0 Å². The third-order valence-electron chi connectivity index (χ3n) is 1.68. The zero-order valence-corrected chi connectivity index (χ0v) is 8.12. The Kier molecular flexibility index (Phi) is 2.22. The van der Waals surface area contributed by atoms with Gasteiger partial charge in [-0.3, -0.25) is 0 Å². The summed E-state index contributed by atoms with van der Waals surface area (Å²) in [6, 6.07) is 4.74. The molecule has 0 amide bonds. The molecule has 1 aliphatic rings. The number of ether oxygens (including phenoxy) is 2. The Labute approximate surface area is 83.1 Å². The summed E-state index contributed by atoms with van der Waals surface area (Å²) in [5.74, 6) is -0.323.